The molecule has 0 unspecified atom stereocenters. The predicted octanol–water partition coefficient (Wildman–Crippen LogP) is 3.44. The van der Waals surface area contributed by atoms with E-state index in [1.807, 2.05) is 26.0 Å². The van der Waals surface area contributed by atoms with Gasteiger partial charge in [0.2, 0.25) is 0 Å². The highest BCUT2D eigenvalue weighted by molar-refractivity contribution is 6.00. The van der Waals surface area contributed by atoms with Gasteiger partial charge in [-0.05, 0) is 25.5 Å². The number of hydrogen-bond acceptors (Lipinski definition) is 4. The van der Waals surface area contributed by atoms with E-state index in [9.17, 15) is 10.1 Å². The van der Waals surface area contributed by atoms with E-state index in [0.29, 0.717) is 5.69 Å². The minimum atomic E-state index is -0.419. The standard InChI is InChI=1S/C14H13N3O2/c1-10-5-6-13(17(18)19)8-14(10)16-11(2)12-4-3-7-15-9-12/h3-9H,1-2H3. The van der Waals surface area contributed by atoms with Crippen molar-refractivity contribution in [3.8, 4) is 0 Å². The molecule has 2 aromatic rings. The molecule has 0 amide bonds. The first-order chi connectivity index (χ1) is 9.08. The molecule has 0 saturated heterocycles. The van der Waals surface area contributed by atoms with Gasteiger partial charge in [0.25, 0.3) is 5.69 Å². The Kier molecular flexibility index (Phi) is 3.66. The molecule has 0 aliphatic rings. The zero-order chi connectivity index (χ0) is 13.8. The van der Waals surface area contributed by atoms with Crippen LogP contribution in [-0.4, -0.2) is 15.6 Å². The van der Waals surface area contributed by atoms with Gasteiger partial charge in [-0.15, -0.1) is 0 Å². The first-order valence-electron chi connectivity index (χ1n) is 5.78. The highest BCUT2D eigenvalue weighted by Gasteiger charge is 2.08. The summed E-state index contributed by atoms with van der Waals surface area (Å²) < 4.78 is 0. The maximum Gasteiger partial charge on any atom is 0.271 e. The Bertz CT molecular complexity index is 636. The summed E-state index contributed by atoms with van der Waals surface area (Å²) >= 11 is 0. The van der Waals surface area contributed by atoms with Crippen LogP contribution in [0.5, 0.6) is 0 Å². The Labute approximate surface area is 110 Å². The third kappa shape index (κ3) is 3.01. The Balaban J connectivity index is 2.42. The van der Waals surface area contributed by atoms with E-state index in [1.165, 1.54) is 12.1 Å². The highest BCUT2D eigenvalue weighted by atomic mass is 16.6. The molecule has 5 nitrogen and oxygen atoms in total. The van der Waals surface area contributed by atoms with Crippen molar-refractivity contribution in [2.24, 2.45) is 4.99 Å². The molecule has 0 aliphatic carbocycles. The molecule has 19 heavy (non-hydrogen) atoms. The lowest BCUT2D eigenvalue weighted by Crippen LogP contribution is -1.95. The zero-order valence-corrected chi connectivity index (χ0v) is 10.7. The second-order valence-corrected chi connectivity index (χ2v) is 4.17. The summed E-state index contributed by atoms with van der Waals surface area (Å²) in [6.07, 6.45) is 3.40. The van der Waals surface area contributed by atoms with E-state index in [0.717, 1.165) is 16.8 Å². The normalized spacial score (nSPS) is 11.4. The van der Waals surface area contributed by atoms with Gasteiger partial charge in [0.15, 0.2) is 0 Å². The number of non-ortho nitro benzene ring substituents is 1. The Morgan fingerprint density at radius 3 is 2.79 bits per heavy atom. The molecule has 0 atom stereocenters. The highest BCUT2D eigenvalue weighted by Crippen LogP contribution is 2.25. The molecule has 0 aliphatic heterocycles. The molecular weight excluding hydrogens is 242 g/mol. The second kappa shape index (κ2) is 5.39. The molecule has 1 heterocycles. The minimum absolute atomic E-state index is 0.0448. The number of nitro groups is 1. The van der Waals surface area contributed by atoms with Crippen LogP contribution in [-0.2, 0) is 0 Å². The average Bonchev–Trinajstić information content (AvgIpc) is 2.42. The van der Waals surface area contributed by atoms with E-state index < -0.39 is 4.92 Å². The van der Waals surface area contributed by atoms with Crippen LogP contribution >= 0.6 is 0 Å². The largest absolute Gasteiger partial charge is 0.271 e. The van der Waals surface area contributed by atoms with Crippen molar-refractivity contribution in [2.75, 3.05) is 0 Å². The van der Waals surface area contributed by atoms with E-state index >= 15 is 0 Å². The van der Waals surface area contributed by atoms with E-state index in [4.69, 9.17) is 0 Å². The van der Waals surface area contributed by atoms with Crippen molar-refractivity contribution >= 4 is 17.1 Å². The molecule has 0 fully saturated rings. The maximum atomic E-state index is 10.8. The predicted molar refractivity (Wildman–Crippen MR) is 73.9 cm³/mol. The van der Waals surface area contributed by atoms with E-state index in [2.05, 4.69) is 9.98 Å². The summed E-state index contributed by atoms with van der Waals surface area (Å²) in [5, 5.41) is 10.8. The third-order valence-electron chi connectivity index (χ3n) is 2.77. The quantitative estimate of drug-likeness (QED) is 0.479. The molecule has 0 bridgehead atoms. The number of aliphatic imine (C=N–C) groups is 1. The molecule has 0 N–H and O–H groups in total. The summed E-state index contributed by atoms with van der Waals surface area (Å²) in [6, 6.07) is 8.39. The monoisotopic (exact) mass is 255 g/mol. The third-order valence-corrected chi connectivity index (χ3v) is 2.77. The lowest BCUT2D eigenvalue weighted by Gasteiger charge is -2.03. The number of rotatable bonds is 3. The van der Waals surface area contributed by atoms with Crippen LogP contribution in [0.25, 0.3) is 0 Å². The van der Waals surface area contributed by atoms with Gasteiger partial charge in [0.05, 0.1) is 10.6 Å². The fourth-order valence-corrected chi connectivity index (χ4v) is 1.65. The lowest BCUT2D eigenvalue weighted by molar-refractivity contribution is -0.384. The topological polar surface area (TPSA) is 68.4 Å². The maximum absolute atomic E-state index is 10.8. The molecule has 2 rings (SSSR count). The van der Waals surface area contributed by atoms with Crippen LogP contribution in [0.1, 0.15) is 18.1 Å². The fourth-order valence-electron chi connectivity index (χ4n) is 1.65. The van der Waals surface area contributed by atoms with Crippen LogP contribution in [0.3, 0.4) is 0 Å². The molecular formula is C14H13N3O2. The molecule has 1 aromatic heterocycles. The number of hydrogen-bond donors (Lipinski definition) is 0. The molecule has 96 valence electrons. The molecule has 5 heteroatoms. The Morgan fingerprint density at radius 1 is 1.37 bits per heavy atom. The first-order valence-corrected chi connectivity index (χ1v) is 5.78. The number of aromatic nitrogens is 1. The SMILES string of the molecule is CC(=Nc1cc([N+](=O)[O-])ccc1C)c1cccnc1. The number of benzene rings is 1. The fraction of sp³-hybridized carbons (Fsp3) is 0.143. The summed E-state index contributed by atoms with van der Waals surface area (Å²) in [5.41, 5.74) is 3.22. The summed E-state index contributed by atoms with van der Waals surface area (Å²) in [5.74, 6) is 0. The molecule has 0 radical (unpaired) electrons. The van der Waals surface area contributed by atoms with Gasteiger partial charge in [-0.3, -0.25) is 20.1 Å². The number of nitro benzene ring substituents is 1. The van der Waals surface area contributed by atoms with E-state index in [1.54, 1.807) is 18.5 Å². The molecule has 0 saturated carbocycles. The summed E-state index contributed by atoms with van der Waals surface area (Å²) in [6.45, 7) is 3.73. The zero-order valence-electron chi connectivity index (χ0n) is 10.7. The van der Waals surface area contributed by atoms with Crippen LogP contribution in [0.2, 0.25) is 0 Å². The summed E-state index contributed by atoms with van der Waals surface area (Å²) in [4.78, 5) is 18.8. The van der Waals surface area contributed by atoms with Crippen molar-refractivity contribution in [3.05, 3.63) is 64.0 Å². The van der Waals surface area contributed by atoms with Crippen molar-refractivity contribution in [3.63, 3.8) is 0 Å². The number of pyridine rings is 1. The van der Waals surface area contributed by atoms with Crippen LogP contribution in [0.15, 0.2) is 47.7 Å². The second-order valence-electron chi connectivity index (χ2n) is 4.17. The summed E-state index contributed by atoms with van der Waals surface area (Å²) in [7, 11) is 0. The number of nitrogens with zero attached hydrogens (tertiary/aromatic N) is 3. The van der Waals surface area contributed by atoms with Crippen LogP contribution in [0.4, 0.5) is 11.4 Å². The molecule has 0 spiro atoms. The number of aryl methyl sites for hydroxylation is 1. The van der Waals surface area contributed by atoms with Gasteiger partial charge in [0.1, 0.15) is 0 Å². The average molecular weight is 255 g/mol. The van der Waals surface area contributed by atoms with Crippen LogP contribution in [0, 0.1) is 17.0 Å². The van der Waals surface area contributed by atoms with Crippen LogP contribution < -0.4 is 0 Å². The van der Waals surface area contributed by atoms with Gasteiger partial charge < -0.3 is 0 Å². The lowest BCUT2D eigenvalue weighted by atomic mass is 10.1. The minimum Gasteiger partial charge on any atom is -0.264 e. The van der Waals surface area contributed by atoms with Gasteiger partial charge in [-0.25, -0.2) is 0 Å². The van der Waals surface area contributed by atoms with Gasteiger partial charge >= 0.3 is 0 Å². The van der Waals surface area contributed by atoms with Gasteiger partial charge in [-0.1, -0.05) is 12.1 Å². The van der Waals surface area contributed by atoms with Crippen molar-refractivity contribution in [1.29, 1.82) is 0 Å². The van der Waals surface area contributed by atoms with E-state index in [-0.39, 0.29) is 5.69 Å². The van der Waals surface area contributed by atoms with Gasteiger partial charge in [0, 0.05) is 35.8 Å². The Morgan fingerprint density at radius 2 is 2.16 bits per heavy atom. The van der Waals surface area contributed by atoms with Gasteiger partial charge in [-0.2, -0.15) is 0 Å². The smallest absolute Gasteiger partial charge is 0.264 e. The molecule has 1 aromatic carbocycles. The van der Waals surface area contributed by atoms with Crippen molar-refractivity contribution < 1.29 is 4.92 Å². The first kappa shape index (κ1) is 12.9. The van der Waals surface area contributed by atoms with Crippen molar-refractivity contribution in [1.82, 2.24) is 4.98 Å². The Hall–Kier alpha value is -2.56. The van der Waals surface area contributed by atoms with Crippen molar-refractivity contribution in [2.45, 2.75) is 13.8 Å².